The lowest BCUT2D eigenvalue weighted by molar-refractivity contribution is -0.324. The van der Waals surface area contributed by atoms with Gasteiger partial charge in [0.1, 0.15) is 0 Å². The summed E-state index contributed by atoms with van der Waals surface area (Å²) in [7, 11) is 0. The fraction of sp³-hybridized carbons (Fsp3) is 0.643. The summed E-state index contributed by atoms with van der Waals surface area (Å²) in [5, 5.41) is 0. The Morgan fingerprint density at radius 3 is 2.57 bits per heavy atom. The summed E-state index contributed by atoms with van der Waals surface area (Å²) in [6.07, 6.45) is 0.206. The minimum atomic E-state index is -4.58. The molecule has 0 aromatic carbocycles. The summed E-state index contributed by atoms with van der Waals surface area (Å²) in [6, 6.07) is 3.82. The number of hydrogen-bond acceptors (Lipinski definition) is 4. The Balaban J connectivity index is 1.46. The quantitative estimate of drug-likeness (QED) is 0.820. The van der Waals surface area contributed by atoms with Crippen LogP contribution in [0.15, 0.2) is 18.3 Å². The van der Waals surface area contributed by atoms with Crippen molar-refractivity contribution >= 4 is 0 Å². The molecule has 3 saturated carbocycles. The molecule has 4 nitrogen and oxygen atoms in total. The molecule has 1 aromatic heterocycles. The molecule has 0 radical (unpaired) electrons. The van der Waals surface area contributed by atoms with Crippen molar-refractivity contribution in [2.24, 2.45) is 5.73 Å². The second kappa shape index (κ2) is 4.84. The van der Waals surface area contributed by atoms with Crippen molar-refractivity contribution in [1.82, 2.24) is 4.98 Å². The van der Waals surface area contributed by atoms with Gasteiger partial charge in [-0.1, -0.05) is 0 Å². The Kier molecular flexibility index (Phi) is 3.37. The summed E-state index contributed by atoms with van der Waals surface area (Å²) in [5.41, 5.74) is 7.41. The van der Waals surface area contributed by atoms with Gasteiger partial charge >= 0.3 is 6.36 Å². The van der Waals surface area contributed by atoms with Crippen molar-refractivity contribution in [3.05, 3.63) is 23.9 Å². The predicted molar refractivity (Wildman–Crippen MR) is 68.8 cm³/mol. The van der Waals surface area contributed by atoms with Crippen LogP contribution in [0.1, 0.15) is 31.2 Å². The average molecular weight is 302 g/mol. The maximum atomic E-state index is 11.8. The zero-order chi connectivity index (χ0) is 15.1. The fourth-order valence-corrected chi connectivity index (χ4v) is 3.41. The van der Waals surface area contributed by atoms with E-state index in [9.17, 15) is 13.2 Å². The van der Waals surface area contributed by atoms with Crippen LogP contribution in [0.3, 0.4) is 0 Å². The van der Waals surface area contributed by atoms with Gasteiger partial charge in [-0.15, -0.1) is 13.2 Å². The van der Waals surface area contributed by atoms with Crippen LogP contribution in [0.4, 0.5) is 13.2 Å². The number of halogens is 3. The number of alkyl halides is 3. The van der Waals surface area contributed by atoms with Crippen molar-refractivity contribution in [2.75, 3.05) is 13.2 Å². The van der Waals surface area contributed by atoms with E-state index in [2.05, 4.69) is 9.72 Å². The topological polar surface area (TPSA) is 57.4 Å². The molecule has 3 fully saturated rings. The highest BCUT2D eigenvalue weighted by atomic mass is 19.4. The molecule has 0 atom stereocenters. The summed E-state index contributed by atoms with van der Waals surface area (Å²) in [5.74, 6) is 0.440. The second-order valence-corrected chi connectivity index (χ2v) is 6.05. The molecule has 0 saturated heterocycles. The van der Waals surface area contributed by atoms with Crippen LogP contribution in [0.5, 0.6) is 5.88 Å². The minimum absolute atomic E-state index is 0.0270. The highest BCUT2D eigenvalue weighted by Gasteiger charge is 2.66. The molecule has 0 spiro atoms. The summed E-state index contributed by atoms with van der Waals surface area (Å²) in [6.45, 7) is -0.275. The summed E-state index contributed by atoms with van der Waals surface area (Å²) in [4.78, 5) is 4.08. The van der Waals surface area contributed by atoms with E-state index in [1.807, 2.05) is 12.1 Å². The van der Waals surface area contributed by atoms with Crippen LogP contribution in [-0.4, -0.2) is 30.1 Å². The van der Waals surface area contributed by atoms with E-state index in [1.165, 1.54) is 0 Å². The highest BCUT2D eigenvalue weighted by Crippen LogP contribution is 2.66. The van der Waals surface area contributed by atoms with Crippen LogP contribution < -0.4 is 10.5 Å². The molecule has 4 rings (SSSR count). The molecule has 1 aromatic rings. The standard InChI is InChI=1S/C14H17F3N2O2/c15-14(16,17)21-5-1-4-20-11-6-10(2-3-19-11)12-7-13(18,8-12)9-12/h2-3,6H,1,4-5,7-9,18H2. The van der Waals surface area contributed by atoms with E-state index < -0.39 is 13.0 Å². The van der Waals surface area contributed by atoms with Crippen molar-refractivity contribution in [2.45, 2.75) is 43.0 Å². The SMILES string of the molecule is NC12CC(c3ccnc(OCCCOC(F)(F)F)c3)(C1)C2. The first-order chi connectivity index (χ1) is 9.80. The molecule has 3 aliphatic rings. The zero-order valence-electron chi connectivity index (χ0n) is 11.4. The van der Waals surface area contributed by atoms with Crippen LogP contribution in [0, 0.1) is 0 Å². The van der Waals surface area contributed by atoms with Crippen molar-refractivity contribution in [1.29, 1.82) is 0 Å². The van der Waals surface area contributed by atoms with Gasteiger partial charge in [0.05, 0.1) is 13.2 Å². The van der Waals surface area contributed by atoms with Gasteiger partial charge in [0.2, 0.25) is 5.88 Å². The van der Waals surface area contributed by atoms with Gasteiger partial charge in [0.25, 0.3) is 0 Å². The average Bonchev–Trinajstić information content (AvgIpc) is 2.32. The van der Waals surface area contributed by atoms with E-state index in [0.29, 0.717) is 5.88 Å². The van der Waals surface area contributed by atoms with Crippen molar-refractivity contribution in [3.8, 4) is 5.88 Å². The molecule has 0 aliphatic heterocycles. The first kappa shape index (κ1) is 14.6. The highest BCUT2D eigenvalue weighted by molar-refractivity contribution is 5.42. The molecular formula is C14H17F3N2O2. The molecule has 21 heavy (non-hydrogen) atoms. The summed E-state index contributed by atoms with van der Waals surface area (Å²) < 4.78 is 44.4. The number of nitrogens with zero attached hydrogens (tertiary/aromatic N) is 1. The maximum Gasteiger partial charge on any atom is 0.522 e. The van der Waals surface area contributed by atoms with Crippen LogP contribution in [0.2, 0.25) is 0 Å². The monoisotopic (exact) mass is 302 g/mol. The lowest BCUT2D eigenvalue weighted by Gasteiger charge is -2.69. The van der Waals surface area contributed by atoms with Gasteiger partial charge in [-0.05, 0) is 30.9 Å². The molecule has 7 heteroatoms. The third-order valence-electron chi connectivity index (χ3n) is 4.22. The van der Waals surface area contributed by atoms with Gasteiger partial charge in [0, 0.05) is 29.6 Å². The normalized spacial score (nSPS) is 30.5. The Labute approximate surface area is 120 Å². The molecule has 2 N–H and O–H groups in total. The molecule has 2 bridgehead atoms. The lowest BCUT2D eigenvalue weighted by atomic mass is 9.38. The number of hydrogen-bond donors (Lipinski definition) is 1. The number of nitrogens with two attached hydrogens (primary N) is 1. The Bertz CT molecular complexity index is 513. The molecule has 1 heterocycles. The second-order valence-electron chi connectivity index (χ2n) is 6.05. The van der Waals surface area contributed by atoms with Crippen molar-refractivity contribution in [3.63, 3.8) is 0 Å². The third-order valence-corrected chi connectivity index (χ3v) is 4.22. The molecule has 0 unspecified atom stereocenters. The largest absolute Gasteiger partial charge is 0.522 e. The first-order valence-corrected chi connectivity index (χ1v) is 6.89. The van der Waals surface area contributed by atoms with Gasteiger partial charge in [0.15, 0.2) is 0 Å². The van der Waals surface area contributed by atoms with Crippen LogP contribution in [0.25, 0.3) is 0 Å². The van der Waals surface area contributed by atoms with Crippen LogP contribution in [-0.2, 0) is 10.2 Å². The third kappa shape index (κ3) is 2.98. The number of pyridine rings is 1. The van der Waals surface area contributed by atoms with E-state index in [-0.39, 0.29) is 24.0 Å². The maximum absolute atomic E-state index is 11.8. The fourth-order valence-electron chi connectivity index (χ4n) is 3.41. The Morgan fingerprint density at radius 2 is 1.95 bits per heavy atom. The van der Waals surface area contributed by atoms with Gasteiger partial charge in [-0.3, -0.25) is 4.74 Å². The van der Waals surface area contributed by atoms with Gasteiger partial charge in [-0.25, -0.2) is 4.98 Å². The first-order valence-electron chi connectivity index (χ1n) is 6.89. The molecule has 0 amide bonds. The molecule has 3 aliphatic carbocycles. The minimum Gasteiger partial charge on any atom is -0.478 e. The zero-order valence-corrected chi connectivity index (χ0v) is 11.4. The van der Waals surface area contributed by atoms with Gasteiger partial charge < -0.3 is 10.5 Å². The van der Waals surface area contributed by atoms with Crippen LogP contribution >= 0.6 is 0 Å². The Morgan fingerprint density at radius 1 is 1.24 bits per heavy atom. The number of aromatic nitrogens is 1. The number of ether oxygens (including phenoxy) is 2. The van der Waals surface area contributed by atoms with Gasteiger partial charge in [-0.2, -0.15) is 0 Å². The van der Waals surface area contributed by atoms with Crippen molar-refractivity contribution < 1.29 is 22.6 Å². The lowest BCUT2D eigenvalue weighted by Crippen LogP contribution is -2.74. The number of rotatable bonds is 6. The summed E-state index contributed by atoms with van der Waals surface area (Å²) >= 11 is 0. The predicted octanol–water partition coefficient (Wildman–Crippen LogP) is 2.52. The Hall–Kier alpha value is -1.34. The van der Waals surface area contributed by atoms with E-state index >= 15 is 0 Å². The van der Waals surface area contributed by atoms with E-state index in [0.717, 1.165) is 24.8 Å². The molecule has 116 valence electrons. The smallest absolute Gasteiger partial charge is 0.478 e. The molecular weight excluding hydrogens is 285 g/mol. The van der Waals surface area contributed by atoms with E-state index in [1.54, 1.807) is 6.20 Å². The van der Waals surface area contributed by atoms with E-state index in [4.69, 9.17) is 10.5 Å².